The highest BCUT2D eigenvalue weighted by Crippen LogP contribution is 2.45. The Morgan fingerprint density at radius 2 is 0.531 bits per heavy atom. The van der Waals surface area contributed by atoms with Crippen LogP contribution in [0.2, 0.25) is 0 Å². The number of esters is 4. The highest BCUT2D eigenvalue weighted by atomic mass is 31.2. The second kappa shape index (κ2) is 71.1. The smallest absolute Gasteiger partial charge is 0.462 e. The third kappa shape index (κ3) is 70.2. The van der Waals surface area contributed by atoms with Crippen LogP contribution in [0, 0.1) is 0 Å². The van der Waals surface area contributed by atoms with Crippen molar-refractivity contribution in [3.63, 3.8) is 0 Å². The van der Waals surface area contributed by atoms with Crippen molar-refractivity contribution in [1.29, 1.82) is 0 Å². The van der Waals surface area contributed by atoms with E-state index in [0.29, 0.717) is 32.1 Å². The van der Waals surface area contributed by atoms with Gasteiger partial charge < -0.3 is 33.8 Å². The number of aliphatic hydroxyl groups is 1. The average molecular weight is 1420 g/mol. The third-order valence-electron chi connectivity index (χ3n) is 15.7. The number of hydrogen-bond acceptors (Lipinski definition) is 15. The van der Waals surface area contributed by atoms with Crippen molar-refractivity contribution in [3.8, 4) is 0 Å². The number of phosphoric ester groups is 2. The summed E-state index contributed by atoms with van der Waals surface area (Å²) in [6, 6.07) is 0. The number of carbonyl (C=O) groups excluding carboxylic acids is 4. The molecule has 3 N–H and O–H groups in total. The van der Waals surface area contributed by atoms with Gasteiger partial charge in [0.25, 0.3) is 0 Å². The highest BCUT2D eigenvalue weighted by Gasteiger charge is 2.30. The largest absolute Gasteiger partial charge is 0.472 e. The second-order valence-corrected chi connectivity index (χ2v) is 28.1. The SMILES string of the molecule is CC/C=C\C/C=C\C/C=C\C/C=C\CCCCC(=O)OC(COC(=O)CCCCCCCCC/C=C\C/C=C\C/C=C\CC)COP(=O)(O)OCC(O)COP(=O)(O)OCC(COC(=O)CCCCCCC/C=C\CCCCCC)OC(=O)CCCCCCC/C=C\CCCCCC. The Morgan fingerprint density at radius 3 is 0.847 bits per heavy atom. The van der Waals surface area contributed by atoms with E-state index in [4.69, 9.17) is 37.0 Å². The number of hydrogen-bond donors (Lipinski definition) is 3. The predicted octanol–water partition coefficient (Wildman–Crippen LogP) is 21.8. The van der Waals surface area contributed by atoms with E-state index in [1.807, 2.05) is 0 Å². The minimum absolute atomic E-state index is 0.0389. The summed E-state index contributed by atoms with van der Waals surface area (Å²) in [6.45, 7) is 4.55. The van der Waals surface area contributed by atoms with Crippen LogP contribution in [0.5, 0.6) is 0 Å². The molecule has 0 aromatic heterocycles. The summed E-state index contributed by atoms with van der Waals surface area (Å²) in [5.41, 5.74) is 0. The second-order valence-electron chi connectivity index (χ2n) is 25.2. The Hall–Kier alpha value is -4.28. The quantitative estimate of drug-likeness (QED) is 0.0169. The van der Waals surface area contributed by atoms with E-state index in [1.54, 1.807) is 0 Å². The number of phosphoric acid groups is 2. The molecule has 19 heteroatoms. The molecule has 0 saturated carbocycles. The summed E-state index contributed by atoms with van der Waals surface area (Å²) in [6.07, 6.45) is 75.1. The van der Waals surface area contributed by atoms with E-state index in [9.17, 15) is 43.2 Å². The normalized spacial score (nSPS) is 14.6. The maximum Gasteiger partial charge on any atom is 0.472 e. The first-order valence-corrected chi connectivity index (χ1v) is 41.1. The van der Waals surface area contributed by atoms with Gasteiger partial charge in [-0.1, -0.05) is 246 Å². The van der Waals surface area contributed by atoms with E-state index in [1.165, 1.54) is 51.4 Å². The summed E-state index contributed by atoms with van der Waals surface area (Å²) in [5.74, 6) is -2.25. The zero-order valence-electron chi connectivity index (χ0n) is 61.4. The maximum absolute atomic E-state index is 13.1. The van der Waals surface area contributed by atoms with E-state index in [-0.39, 0.29) is 25.7 Å². The molecule has 0 rings (SSSR count). The van der Waals surface area contributed by atoms with Crippen molar-refractivity contribution < 1.29 is 80.2 Å². The van der Waals surface area contributed by atoms with Crippen LogP contribution >= 0.6 is 15.6 Å². The van der Waals surface area contributed by atoms with Gasteiger partial charge in [0.05, 0.1) is 26.4 Å². The van der Waals surface area contributed by atoms with Gasteiger partial charge in [-0.25, -0.2) is 9.13 Å². The fourth-order valence-electron chi connectivity index (χ4n) is 9.92. The van der Waals surface area contributed by atoms with Crippen LogP contribution < -0.4 is 0 Å². The molecule has 0 aliphatic heterocycles. The Kier molecular flexibility index (Phi) is 68.0. The maximum atomic E-state index is 13.1. The fraction of sp³-hybridized carbons (Fsp3) is 0.722. The van der Waals surface area contributed by atoms with Gasteiger partial charge in [-0.3, -0.25) is 37.3 Å². The van der Waals surface area contributed by atoms with Gasteiger partial charge in [-0.05, 0) is 148 Å². The van der Waals surface area contributed by atoms with Crippen LogP contribution in [0.1, 0.15) is 310 Å². The number of allylic oxidation sites excluding steroid dienone is 18. The van der Waals surface area contributed by atoms with Crippen molar-refractivity contribution >= 4 is 39.5 Å². The number of carbonyl (C=O) groups is 4. The van der Waals surface area contributed by atoms with Crippen molar-refractivity contribution in [1.82, 2.24) is 0 Å². The molecule has 564 valence electrons. The molecule has 0 aliphatic rings. The molecule has 0 aliphatic carbocycles. The van der Waals surface area contributed by atoms with Gasteiger partial charge in [0.2, 0.25) is 0 Å². The Bertz CT molecular complexity index is 2290. The zero-order chi connectivity index (χ0) is 71.8. The van der Waals surface area contributed by atoms with Crippen molar-refractivity contribution in [2.75, 3.05) is 39.6 Å². The number of rotatable bonds is 71. The number of aliphatic hydroxyl groups excluding tert-OH is 1. The molecule has 0 amide bonds. The standard InChI is InChI=1S/C79H136O17P2/c1-5-9-13-17-21-25-29-33-35-36-38-41-44-48-52-56-60-64-77(82)90-70-75(96-79(84)66-62-58-54-50-46-42-37-34-30-26-22-18-14-10-6-2)72-94-98(87,88)92-68-73(80)67-91-97(85,86)93-71-74(95-78(83)65-61-57-53-49-45-40-32-28-24-20-16-12-8-4)69-89-76(81)63-59-55-51-47-43-39-31-27-23-19-15-11-7-3/h9-10,13-14,21-22,25-28,31-35,37,46,50,73-75,80H,5-8,11-12,15-20,23-24,29-30,36,38-45,47-49,51-72H2,1-4H3,(H,85,86)(H,87,88)/b13-9-,14-10-,25-21-,26-22-,31-27-,32-28-,35-33-,37-34-,50-46-. The number of ether oxygens (including phenoxy) is 4. The molecule has 17 nitrogen and oxygen atoms in total. The van der Waals surface area contributed by atoms with E-state index in [0.717, 1.165) is 173 Å². The third-order valence-corrected chi connectivity index (χ3v) is 17.6. The molecule has 0 spiro atoms. The van der Waals surface area contributed by atoms with Crippen LogP contribution in [-0.4, -0.2) is 96.7 Å². The summed E-state index contributed by atoms with van der Waals surface area (Å²) >= 11 is 0. The molecule has 0 heterocycles. The lowest BCUT2D eigenvalue weighted by Gasteiger charge is -2.21. The van der Waals surface area contributed by atoms with Gasteiger partial charge in [-0.15, -0.1) is 0 Å². The Labute approximate surface area is 594 Å². The first kappa shape index (κ1) is 93.7. The number of unbranched alkanes of at least 4 members (excludes halogenated alkanes) is 27. The Morgan fingerprint density at radius 1 is 0.296 bits per heavy atom. The topological polar surface area (TPSA) is 237 Å². The van der Waals surface area contributed by atoms with Gasteiger partial charge in [-0.2, -0.15) is 0 Å². The summed E-state index contributed by atoms with van der Waals surface area (Å²) in [5, 5.41) is 10.6. The molecule has 0 bridgehead atoms. The molecular formula is C79H136O17P2. The molecule has 5 atom stereocenters. The zero-order valence-corrected chi connectivity index (χ0v) is 63.2. The molecular weight excluding hydrogens is 1280 g/mol. The van der Waals surface area contributed by atoms with Crippen molar-refractivity contribution in [3.05, 3.63) is 109 Å². The van der Waals surface area contributed by atoms with Crippen LogP contribution in [0.3, 0.4) is 0 Å². The van der Waals surface area contributed by atoms with Gasteiger partial charge in [0, 0.05) is 25.7 Å². The molecule has 98 heavy (non-hydrogen) atoms. The van der Waals surface area contributed by atoms with Crippen molar-refractivity contribution in [2.24, 2.45) is 0 Å². The monoisotopic (exact) mass is 1420 g/mol. The van der Waals surface area contributed by atoms with Gasteiger partial charge in [0.1, 0.15) is 19.3 Å². The van der Waals surface area contributed by atoms with E-state index < -0.39 is 97.5 Å². The summed E-state index contributed by atoms with van der Waals surface area (Å²) in [4.78, 5) is 72.8. The highest BCUT2D eigenvalue weighted by molar-refractivity contribution is 7.47. The van der Waals surface area contributed by atoms with Crippen molar-refractivity contribution in [2.45, 2.75) is 329 Å². The fourth-order valence-corrected chi connectivity index (χ4v) is 11.5. The lowest BCUT2D eigenvalue weighted by atomic mass is 10.1. The lowest BCUT2D eigenvalue weighted by molar-refractivity contribution is -0.161. The Balaban J connectivity index is 5.39. The molecule has 5 unspecified atom stereocenters. The van der Waals surface area contributed by atoms with E-state index in [2.05, 4.69) is 137 Å². The minimum atomic E-state index is -4.99. The van der Waals surface area contributed by atoms with Crippen LogP contribution in [-0.2, 0) is 65.4 Å². The first-order valence-electron chi connectivity index (χ1n) is 38.1. The molecule has 0 aromatic rings. The summed E-state index contributed by atoms with van der Waals surface area (Å²) in [7, 11) is -9.97. The first-order chi connectivity index (χ1) is 47.7. The van der Waals surface area contributed by atoms with Gasteiger partial charge >= 0.3 is 39.5 Å². The molecule has 0 fully saturated rings. The average Bonchev–Trinajstić information content (AvgIpc) is 1.02. The predicted molar refractivity (Wildman–Crippen MR) is 399 cm³/mol. The molecule has 0 aromatic carbocycles. The molecule has 0 radical (unpaired) electrons. The van der Waals surface area contributed by atoms with Crippen LogP contribution in [0.4, 0.5) is 0 Å². The van der Waals surface area contributed by atoms with Crippen LogP contribution in [0.15, 0.2) is 109 Å². The van der Waals surface area contributed by atoms with Crippen LogP contribution in [0.25, 0.3) is 0 Å². The minimum Gasteiger partial charge on any atom is -0.462 e. The van der Waals surface area contributed by atoms with E-state index >= 15 is 0 Å². The summed E-state index contributed by atoms with van der Waals surface area (Å²) < 4.78 is 68.4. The molecule has 0 saturated heterocycles. The lowest BCUT2D eigenvalue weighted by Crippen LogP contribution is -2.30. The van der Waals surface area contributed by atoms with Gasteiger partial charge in [0.15, 0.2) is 12.2 Å².